The summed E-state index contributed by atoms with van der Waals surface area (Å²) >= 11 is 0.876. The molecule has 0 aliphatic rings. The molecule has 116 valence electrons. The van der Waals surface area contributed by atoms with Gasteiger partial charge in [0, 0.05) is 7.05 Å². The molecular weight excluding hydrogens is 321 g/mol. The first-order chi connectivity index (χ1) is 10.3. The molecule has 7 nitrogen and oxygen atoms in total. The van der Waals surface area contributed by atoms with Crippen molar-refractivity contribution in [1.82, 2.24) is 29.8 Å². The predicted octanol–water partition coefficient (Wildman–Crippen LogP) is 1.36. The van der Waals surface area contributed by atoms with Crippen molar-refractivity contribution in [3.8, 4) is 0 Å². The van der Waals surface area contributed by atoms with E-state index in [1.54, 1.807) is 7.05 Å². The van der Waals surface area contributed by atoms with Crippen LogP contribution in [0.4, 0.5) is 13.2 Å². The maximum Gasteiger partial charge on any atom is 0.434 e. The Hall–Kier alpha value is -2.30. The first kappa shape index (κ1) is 14.6. The van der Waals surface area contributed by atoms with Gasteiger partial charge in [0.2, 0.25) is 0 Å². The third-order valence-corrected chi connectivity index (χ3v) is 3.94. The normalized spacial score (nSPS) is 12.2. The van der Waals surface area contributed by atoms with Gasteiger partial charge < -0.3 is 0 Å². The molecule has 3 aromatic heterocycles. The third-order valence-electron chi connectivity index (χ3n) is 2.99. The maximum atomic E-state index is 12.9. The molecule has 0 radical (unpaired) electrons. The highest BCUT2D eigenvalue weighted by Gasteiger charge is 2.37. The molecule has 0 aliphatic carbocycles. The van der Waals surface area contributed by atoms with E-state index in [0.717, 1.165) is 16.0 Å². The highest BCUT2D eigenvalue weighted by atomic mass is 32.1. The summed E-state index contributed by atoms with van der Waals surface area (Å²) in [7, 11) is 1.59. The van der Waals surface area contributed by atoms with Crippen LogP contribution >= 0.6 is 11.3 Å². The first-order valence-corrected chi connectivity index (χ1v) is 6.88. The van der Waals surface area contributed by atoms with Crippen LogP contribution in [0.3, 0.4) is 0 Å². The lowest BCUT2D eigenvalue weighted by molar-refractivity contribution is -0.141. The van der Waals surface area contributed by atoms with Crippen molar-refractivity contribution in [2.45, 2.75) is 19.6 Å². The van der Waals surface area contributed by atoms with Crippen LogP contribution < -0.4 is 5.56 Å². The molecule has 0 amide bonds. The molecule has 0 aromatic carbocycles. The lowest BCUT2D eigenvalue weighted by Crippen LogP contribution is -2.25. The van der Waals surface area contributed by atoms with Crippen LogP contribution in [0.15, 0.2) is 11.0 Å². The zero-order valence-corrected chi connectivity index (χ0v) is 12.2. The fraction of sp³-hybridized carbons (Fsp3) is 0.364. The summed E-state index contributed by atoms with van der Waals surface area (Å²) in [6.45, 7) is 1.14. The number of thiazole rings is 1. The third kappa shape index (κ3) is 2.36. The Labute approximate surface area is 125 Å². The van der Waals surface area contributed by atoms with Crippen molar-refractivity contribution in [1.29, 1.82) is 0 Å². The number of fused-ring (bicyclic) bond motifs is 1. The van der Waals surface area contributed by atoms with Gasteiger partial charge in [-0.2, -0.15) is 18.3 Å². The summed E-state index contributed by atoms with van der Waals surface area (Å²) in [6, 6.07) is 0. The molecule has 0 bridgehead atoms. The standard InChI is InChI=1S/C11H9F3N6OS/c1-5-16-8(11(12,13)14)7(22-5)4-20-10(21)6-3-15-19(2)9(6)17-18-20/h3H,4H2,1-2H3. The average Bonchev–Trinajstić information content (AvgIpc) is 2.97. The van der Waals surface area contributed by atoms with E-state index >= 15 is 0 Å². The van der Waals surface area contributed by atoms with E-state index in [1.807, 2.05) is 0 Å². The maximum absolute atomic E-state index is 12.9. The average molecular weight is 330 g/mol. The van der Waals surface area contributed by atoms with Gasteiger partial charge in [0.15, 0.2) is 11.3 Å². The summed E-state index contributed by atoms with van der Waals surface area (Å²) < 4.78 is 41.0. The summed E-state index contributed by atoms with van der Waals surface area (Å²) in [5.74, 6) is 0. The Morgan fingerprint density at radius 2 is 2.09 bits per heavy atom. The molecule has 3 rings (SSSR count). The highest BCUT2D eigenvalue weighted by molar-refractivity contribution is 7.11. The smallest absolute Gasteiger partial charge is 0.267 e. The van der Waals surface area contributed by atoms with E-state index in [1.165, 1.54) is 17.8 Å². The lowest BCUT2D eigenvalue weighted by Gasteiger charge is -2.06. The lowest BCUT2D eigenvalue weighted by atomic mass is 10.3. The van der Waals surface area contributed by atoms with Crippen LogP contribution in [-0.4, -0.2) is 29.8 Å². The van der Waals surface area contributed by atoms with Crippen LogP contribution in [0.25, 0.3) is 11.0 Å². The van der Waals surface area contributed by atoms with Crippen LogP contribution in [-0.2, 0) is 19.8 Å². The molecule has 0 saturated carbocycles. The molecule has 22 heavy (non-hydrogen) atoms. The van der Waals surface area contributed by atoms with Gasteiger partial charge in [-0.3, -0.25) is 4.79 Å². The Balaban J connectivity index is 2.08. The topological polar surface area (TPSA) is 78.5 Å². The van der Waals surface area contributed by atoms with Gasteiger partial charge >= 0.3 is 6.18 Å². The van der Waals surface area contributed by atoms with Gasteiger partial charge in [0.25, 0.3) is 5.56 Å². The number of aromatic nitrogens is 6. The molecule has 11 heteroatoms. The van der Waals surface area contributed by atoms with Crippen LogP contribution in [0.1, 0.15) is 15.6 Å². The number of halogens is 3. The van der Waals surface area contributed by atoms with E-state index < -0.39 is 17.4 Å². The molecule has 0 spiro atoms. The second kappa shape index (κ2) is 4.87. The van der Waals surface area contributed by atoms with Gasteiger partial charge in [-0.1, -0.05) is 5.21 Å². The van der Waals surface area contributed by atoms with Gasteiger partial charge in [0.1, 0.15) is 5.39 Å². The molecule has 3 heterocycles. The summed E-state index contributed by atoms with van der Waals surface area (Å²) in [6.07, 6.45) is -3.26. The quantitative estimate of drug-likeness (QED) is 0.709. The van der Waals surface area contributed by atoms with E-state index in [0.29, 0.717) is 0 Å². The highest BCUT2D eigenvalue weighted by Crippen LogP contribution is 2.34. The number of hydrogen-bond acceptors (Lipinski definition) is 6. The van der Waals surface area contributed by atoms with E-state index in [2.05, 4.69) is 20.4 Å². The fourth-order valence-electron chi connectivity index (χ4n) is 2.01. The Kier molecular flexibility index (Phi) is 3.24. The van der Waals surface area contributed by atoms with Gasteiger partial charge in [-0.05, 0) is 6.92 Å². The zero-order chi connectivity index (χ0) is 16.1. The molecule has 0 aliphatic heterocycles. The fourth-order valence-corrected chi connectivity index (χ4v) is 2.95. The molecule has 0 unspecified atom stereocenters. The Morgan fingerprint density at radius 3 is 2.77 bits per heavy atom. The molecule has 3 aromatic rings. The number of hydrogen-bond donors (Lipinski definition) is 0. The predicted molar refractivity (Wildman–Crippen MR) is 71.5 cm³/mol. The minimum atomic E-state index is -4.57. The number of rotatable bonds is 2. The zero-order valence-electron chi connectivity index (χ0n) is 11.4. The molecule has 0 N–H and O–H groups in total. The van der Waals surface area contributed by atoms with E-state index in [4.69, 9.17) is 0 Å². The second-order valence-corrected chi connectivity index (χ2v) is 5.85. The minimum Gasteiger partial charge on any atom is -0.267 e. The van der Waals surface area contributed by atoms with Gasteiger partial charge in [-0.15, -0.1) is 16.4 Å². The SMILES string of the molecule is Cc1nc(C(F)(F)F)c(Cn2nnc3c(cnn3C)c2=O)s1. The summed E-state index contributed by atoms with van der Waals surface area (Å²) in [5.41, 5.74) is -1.26. The van der Waals surface area contributed by atoms with Crippen LogP contribution in [0.5, 0.6) is 0 Å². The molecular formula is C11H9F3N6OS. The van der Waals surface area contributed by atoms with Crippen LogP contribution in [0.2, 0.25) is 0 Å². The molecule has 0 fully saturated rings. The largest absolute Gasteiger partial charge is 0.434 e. The van der Waals surface area contributed by atoms with E-state index in [9.17, 15) is 18.0 Å². The number of aryl methyl sites for hydroxylation is 2. The summed E-state index contributed by atoms with van der Waals surface area (Å²) in [5, 5.41) is 11.8. The van der Waals surface area contributed by atoms with Gasteiger partial charge in [-0.25, -0.2) is 14.3 Å². The monoisotopic (exact) mass is 330 g/mol. The van der Waals surface area contributed by atoms with Crippen molar-refractivity contribution >= 4 is 22.4 Å². The first-order valence-electron chi connectivity index (χ1n) is 6.06. The van der Waals surface area contributed by atoms with Gasteiger partial charge in [0.05, 0.1) is 22.6 Å². The Morgan fingerprint density at radius 1 is 1.36 bits per heavy atom. The second-order valence-electron chi connectivity index (χ2n) is 4.56. The molecule has 0 saturated heterocycles. The number of nitrogens with zero attached hydrogens (tertiary/aromatic N) is 6. The van der Waals surface area contributed by atoms with Crippen LogP contribution in [0, 0.1) is 6.92 Å². The minimum absolute atomic E-state index is 0.0790. The van der Waals surface area contributed by atoms with Crippen molar-refractivity contribution in [3.63, 3.8) is 0 Å². The van der Waals surface area contributed by atoms with Crippen molar-refractivity contribution in [2.75, 3.05) is 0 Å². The molecule has 0 atom stereocenters. The van der Waals surface area contributed by atoms with E-state index in [-0.39, 0.29) is 27.5 Å². The Bertz CT molecular complexity index is 909. The van der Waals surface area contributed by atoms with Crippen molar-refractivity contribution in [3.05, 3.63) is 32.1 Å². The van der Waals surface area contributed by atoms with Crippen molar-refractivity contribution < 1.29 is 13.2 Å². The summed E-state index contributed by atoms with van der Waals surface area (Å²) in [4.78, 5) is 15.6. The van der Waals surface area contributed by atoms with Crippen molar-refractivity contribution in [2.24, 2.45) is 7.05 Å². The number of alkyl halides is 3.